The third-order valence-electron chi connectivity index (χ3n) is 3.46. The van der Waals surface area contributed by atoms with E-state index in [2.05, 4.69) is 5.32 Å². The molecule has 138 valence electrons. The maximum Gasteiger partial charge on any atom is 0.338 e. The van der Waals surface area contributed by atoms with Crippen molar-refractivity contribution in [1.82, 2.24) is 0 Å². The zero-order chi connectivity index (χ0) is 19.2. The van der Waals surface area contributed by atoms with Crippen molar-refractivity contribution in [3.05, 3.63) is 65.2 Å². The average molecular weight is 375 g/mol. The molecular formula is C19H21NO5S. The second kappa shape index (κ2) is 8.62. The number of ether oxygens (including phenoxy) is 1. The van der Waals surface area contributed by atoms with Gasteiger partial charge < -0.3 is 10.1 Å². The minimum absolute atomic E-state index is 0.0650. The lowest BCUT2D eigenvalue weighted by Gasteiger charge is -2.07. The standard InChI is InChI=1S/C19H21NO5S/c1-3-12-25-19(22)16-8-10-17(11-9-16)20-18(21)15-6-4-14(5-7-15)13-26(2,23)24/h4-11H,3,12-13H2,1-2H3,(H,20,21). The zero-order valence-corrected chi connectivity index (χ0v) is 15.5. The van der Waals surface area contributed by atoms with Crippen LogP contribution in [0.25, 0.3) is 0 Å². The van der Waals surface area contributed by atoms with Gasteiger partial charge in [-0.1, -0.05) is 19.1 Å². The molecule has 0 fully saturated rings. The first-order valence-corrected chi connectivity index (χ1v) is 10.2. The number of amides is 1. The molecule has 1 amide bonds. The van der Waals surface area contributed by atoms with Gasteiger partial charge in [0.05, 0.1) is 17.9 Å². The molecule has 0 aliphatic heterocycles. The molecule has 1 N–H and O–H groups in total. The fourth-order valence-corrected chi connectivity index (χ4v) is 3.02. The quantitative estimate of drug-likeness (QED) is 0.751. The topological polar surface area (TPSA) is 89.5 Å². The van der Waals surface area contributed by atoms with Gasteiger partial charge in [0.1, 0.15) is 0 Å². The molecule has 0 spiro atoms. The van der Waals surface area contributed by atoms with E-state index >= 15 is 0 Å². The number of sulfone groups is 1. The first-order valence-electron chi connectivity index (χ1n) is 8.13. The third kappa shape index (κ3) is 6.00. The lowest BCUT2D eigenvalue weighted by atomic mass is 10.1. The van der Waals surface area contributed by atoms with E-state index in [1.165, 1.54) is 0 Å². The van der Waals surface area contributed by atoms with Crippen molar-refractivity contribution < 1.29 is 22.7 Å². The summed E-state index contributed by atoms with van der Waals surface area (Å²) in [6, 6.07) is 12.8. The smallest absolute Gasteiger partial charge is 0.338 e. The van der Waals surface area contributed by atoms with Crippen molar-refractivity contribution in [3.63, 3.8) is 0 Å². The number of carbonyl (C=O) groups is 2. The van der Waals surface area contributed by atoms with Crippen LogP contribution >= 0.6 is 0 Å². The maximum absolute atomic E-state index is 12.2. The number of anilines is 1. The SMILES string of the molecule is CCCOC(=O)c1ccc(NC(=O)c2ccc(CS(C)(=O)=O)cc2)cc1. The summed E-state index contributed by atoms with van der Waals surface area (Å²) in [7, 11) is -3.11. The van der Waals surface area contributed by atoms with Gasteiger partial charge in [-0.05, 0) is 48.4 Å². The Morgan fingerprint density at radius 2 is 1.54 bits per heavy atom. The second-order valence-corrected chi connectivity index (χ2v) is 8.07. The number of esters is 1. The molecule has 0 radical (unpaired) electrons. The van der Waals surface area contributed by atoms with Crippen LogP contribution in [-0.4, -0.2) is 33.2 Å². The van der Waals surface area contributed by atoms with E-state index in [1.54, 1.807) is 48.5 Å². The normalized spacial score (nSPS) is 11.0. The summed E-state index contributed by atoms with van der Waals surface area (Å²) >= 11 is 0. The first kappa shape index (κ1) is 19.7. The lowest BCUT2D eigenvalue weighted by molar-refractivity contribution is 0.0505. The van der Waals surface area contributed by atoms with Crippen LogP contribution in [-0.2, 0) is 20.3 Å². The fourth-order valence-electron chi connectivity index (χ4n) is 2.23. The number of hydrogen-bond donors (Lipinski definition) is 1. The van der Waals surface area contributed by atoms with Gasteiger partial charge in [-0.25, -0.2) is 13.2 Å². The van der Waals surface area contributed by atoms with Gasteiger partial charge in [0.15, 0.2) is 9.84 Å². The summed E-state index contributed by atoms with van der Waals surface area (Å²) in [5, 5.41) is 2.73. The molecule has 0 aliphatic rings. The van der Waals surface area contributed by atoms with Crippen molar-refractivity contribution >= 4 is 27.4 Å². The van der Waals surface area contributed by atoms with Crippen LogP contribution in [0.3, 0.4) is 0 Å². The van der Waals surface area contributed by atoms with E-state index < -0.39 is 15.8 Å². The molecule has 2 aromatic carbocycles. The third-order valence-corrected chi connectivity index (χ3v) is 4.32. The molecule has 0 saturated carbocycles. The molecule has 0 aliphatic carbocycles. The van der Waals surface area contributed by atoms with Crippen molar-refractivity contribution in [3.8, 4) is 0 Å². The van der Waals surface area contributed by atoms with Crippen LogP contribution in [0.2, 0.25) is 0 Å². The summed E-state index contributed by atoms with van der Waals surface area (Å²) < 4.78 is 27.6. The summed E-state index contributed by atoms with van der Waals surface area (Å²) in [5.74, 6) is -0.784. The maximum atomic E-state index is 12.2. The van der Waals surface area contributed by atoms with E-state index in [0.29, 0.717) is 29.0 Å². The van der Waals surface area contributed by atoms with E-state index in [1.807, 2.05) is 6.92 Å². The van der Waals surface area contributed by atoms with Crippen LogP contribution in [0.15, 0.2) is 48.5 Å². The molecule has 6 nitrogen and oxygen atoms in total. The van der Waals surface area contributed by atoms with E-state index in [9.17, 15) is 18.0 Å². The Morgan fingerprint density at radius 3 is 2.08 bits per heavy atom. The molecule has 26 heavy (non-hydrogen) atoms. The predicted molar refractivity (Wildman–Crippen MR) is 100.0 cm³/mol. The van der Waals surface area contributed by atoms with Crippen LogP contribution in [0.1, 0.15) is 39.6 Å². The van der Waals surface area contributed by atoms with Gasteiger partial charge in [-0.3, -0.25) is 4.79 Å². The van der Waals surface area contributed by atoms with Gasteiger partial charge in [-0.2, -0.15) is 0 Å². The minimum Gasteiger partial charge on any atom is -0.462 e. The van der Waals surface area contributed by atoms with Crippen LogP contribution in [0.4, 0.5) is 5.69 Å². The molecule has 0 bridgehead atoms. The van der Waals surface area contributed by atoms with Gasteiger partial charge in [0, 0.05) is 17.5 Å². The summed E-state index contributed by atoms with van der Waals surface area (Å²) in [6.07, 6.45) is 1.91. The fraction of sp³-hybridized carbons (Fsp3) is 0.263. The highest BCUT2D eigenvalue weighted by atomic mass is 32.2. The van der Waals surface area contributed by atoms with Crippen LogP contribution in [0, 0.1) is 0 Å². The number of nitrogens with one attached hydrogen (secondary N) is 1. The lowest BCUT2D eigenvalue weighted by Crippen LogP contribution is -2.12. The number of rotatable bonds is 7. The number of carbonyl (C=O) groups excluding carboxylic acids is 2. The minimum atomic E-state index is -3.11. The molecule has 0 atom stereocenters. The molecule has 2 rings (SSSR count). The molecule has 7 heteroatoms. The van der Waals surface area contributed by atoms with Gasteiger partial charge in [0.25, 0.3) is 5.91 Å². The average Bonchev–Trinajstić information content (AvgIpc) is 2.59. The van der Waals surface area contributed by atoms with Gasteiger partial charge in [-0.15, -0.1) is 0 Å². The van der Waals surface area contributed by atoms with Crippen molar-refractivity contribution in [2.75, 3.05) is 18.2 Å². The van der Waals surface area contributed by atoms with E-state index in [-0.39, 0.29) is 11.7 Å². The van der Waals surface area contributed by atoms with Gasteiger partial charge in [0.2, 0.25) is 0 Å². The van der Waals surface area contributed by atoms with Crippen molar-refractivity contribution in [2.24, 2.45) is 0 Å². The second-order valence-electron chi connectivity index (χ2n) is 5.93. The Hall–Kier alpha value is -2.67. The molecule has 0 saturated heterocycles. The summed E-state index contributed by atoms with van der Waals surface area (Å²) in [6.45, 7) is 2.28. The molecular weight excluding hydrogens is 354 g/mol. The van der Waals surface area contributed by atoms with Crippen LogP contribution in [0.5, 0.6) is 0 Å². The van der Waals surface area contributed by atoms with Gasteiger partial charge >= 0.3 is 5.97 Å². The summed E-state index contributed by atoms with van der Waals surface area (Å²) in [5.41, 5.74) is 2.00. The largest absolute Gasteiger partial charge is 0.462 e. The monoisotopic (exact) mass is 375 g/mol. The first-order chi connectivity index (χ1) is 12.3. The molecule has 0 unspecified atom stereocenters. The Balaban J connectivity index is 2.00. The Labute approximate surface area is 153 Å². The highest BCUT2D eigenvalue weighted by Crippen LogP contribution is 2.14. The molecule has 2 aromatic rings. The Bertz CT molecular complexity index is 871. The van der Waals surface area contributed by atoms with Crippen LogP contribution < -0.4 is 5.32 Å². The van der Waals surface area contributed by atoms with E-state index in [0.717, 1.165) is 12.7 Å². The molecule has 0 heterocycles. The summed E-state index contributed by atoms with van der Waals surface area (Å²) in [4.78, 5) is 24.0. The number of benzene rings is 2. The van der Waals surface area contributed by atoms with Crippen molar-refractivity contribution in [2.45, 2.75) is 19.1 Å². The highest BCUT2D eigenvalue weighted by Gasteiger charge is 2.10. The Kier molecular flexibility index (Phi) is 6.52. The predicted octanol–water partition coefficient (Wildman–Crippen LogP) is 3.05. The van der Waals surface area contributed by atoms with Crippen molar-refractivity contribution in [1.29, 1.82) is 0 Å². The highest BCUT2D eigenvalue weighted by molar-refractivity contribution is 7.89. The van der Waals surface area contributed by atoms with E-state index in [4.69, 9.17) is 4.74 Å². The number of hydrogen-bond acceptors (Lipinski definition) is 5. The molecule has 0 aromatic heterocycles. The Morgan fingerprint density at radius 1 is 0.962 bits per heavy atom. The zero-order valence-electron chi connectivity index (χ0n) is 14.7.